The summed E-state index contributed by atoms with van der Waals surface area (Å²) in [5, 5.41) is 11.9. The Labute approximate surface area is 90.1 Å². The van der Waals surface area contributed by atoms with Gasteiger partial charge in [-0.2, -0.15) is 5.48 Å². The first kappa shape index (κ1) is 12.3. The summed E-state index contributed by atoms with van der Waals surface area (Å²) in [6.45, 7) is 8.35. The van der Waals surface area contributed by atoms with Crippen molar-refractivity contribution >= 4 is 6.09 Å². The molecule has 0 spiro atoms. The average Bonchev–Trinajstić information content (AvgIpc) is 1.94. The van der Waals surface area contributed by atoms with Gasteiger partial charge >= 0.3 is 6.09 Å². The number of hydroxylamine groups is 1. The van der Waals surface area contributed by atoms with Crippen LogP contribution in [-0.4, -0.2) is 28.4 Å². The van der Waals surface area contributed by atoms with Crippen LogP contribution in [0.25, 0.3) is 0 Å². The highest BCUT2D eigenvalue weighted by molar-refractivity contribution is 5.62. The molecule has 1 amide bonds. The van der Waals surface area contributed by atoms with Gasteiger partial charge in [-0.1, -0.05) is 0 Å². The average molecular weight is 216 g/mol. The van der Waals surface area contributed by atoms with E-state index in [1.807, 2.05) is 5.48 Å². The molecule has 3 N–H and O–H groups in total. The largest absolute Gasteiger partial charge is 0.464 e. The lowest BCUT2D eigenvalue weighted by Crippen LogP contribution is -2.60. The van der Waals surface area contributed by atoms with Crippen LogP contribution < -0.4 is 10.8 Å². The van der Waals surface area contributed by atoms with E-state index in [0.717, 1.165) is 12.8 Å². The summed E-state index contributed by atoms with van der Waals surface area (Å²) < 4.78 is 0. The van der Waals surface area contributed by atoms with E-state index in [2.05, 4.69) is 33.0 Å². The summed E-state index contributed by atoms with van der Waals surface area (Å²) >= 11 is 0. The van der Waals surface area contributed by atoms with E-state index in [1.165, 1.54) is 0 Å². The van der Waals surface area contributed by atoms with Gasteiger partial charge in [0.25, 0.3) is 0 Å². The van der Waals surface area contributed by atoms with E-state index in [1.54, 1.807) is 0 Å². The number of rotatable bonds is 2. The molecule has 88 valence electrons. The monoisotopic (exact) mass is 216 g/mol. The normalized spacial score (nSPS) is 24.8. The van der Waals surface area contributed by atoms with Crippen LogP contribution in [0.5, 0.6) is 0 Å². The molecule has 1 rings (SSSR count). The number of hydrogen-bond acceptors (Lipinski definition) is 3. The van der Waals surface area contributed by atoms with Gasteiger partial charge in [0.05, 0.1) is 6.10 Å². The first-order valence-electron chi connectivity index (χ1n) is 5.14. The molecule has 0 aromatic rings. The molecule has 0 radical (unpaired) electrons. The smallest absolute Gasteiger partial charge is 0.428 e. The maximum atomic E-state index is 10.3. The summed E-state index contributed by atoms with van der Waals surface area (Å²) in [5.74, 6) is 0. The van der Waals surface area contributed by atoms with Gasteiger partial charge in [-0.15, -0.1) is 0 Å². The van der Waals surface area contributed by atoms with E-state index >= 15 is 0 Å². The van der Waals surface area contributed by atoms with Crippen LogP contribution >= 0.6 is 0 Å². The van der Waals surface area contributed by atoms with Gasteiger partial charge in [0.1, 0.15) is 0 Å². The highest BCUT2D eigenvalue weighted by Gasteiger charge is 2.38. The van der Waals surface area contributed by atoms with Gasteiger partial charge in [0.2, 0.25) is 0 Å². The standard InChI is InChI=1S/C10H20N2O3/c1-9(2)5-7(15-11-8(13)14)6-10(3,4)12-9/h7,11-12H,5-6H2,1-4H3,(H,13,14). The maximum Gasteiger partial charge on any atom is 0.428 e. The van der Waals surface area contributed by atoms with Gasteiger partial charge in [0.15, 0.2) is 0 Å². The van der Waals surface area contributed by atoms with Gasteiger partial charge in [-0.05, 0) is 40.5 Å². The molecule has 0 aromatic carbocycles. The Morgan fingerprint density at radius 1 is 1.33 bits per heavy atom. The third kappa shape index (κ3) is 4.05. The Kier molecular flexibility index (Phi) is 3.25. The fraction of sp³-hybridized carbons (Fsp3) is 0.900. The Hall–Kier alpha value is -0.810. The molecule has 0 bridgehead atoms. The summed E-state index contributed by atoms with van der Waals surface area (Å²) in [5.41, 5.74) is 1.91. The van der Waals surface area contributed by atoms with Crippen LogP contribution in [0.3, 0.4) is 0 Å². The zero-order valence-electron chi connectivity index (χ0n) is 9.76. The second-order valence-electron chi connectivity index (χ2n) is 5.45. The molecular formula is C10H20N2O3. The second-order valence-corrected chi connectivity index (χ2v) is 5.45. The van der Waals surface area contributed by atoms with Crippen molar-refractivity contribution in [2.75, 3.05) is 0 Å². The van der Waals surface area contributed by atoms with Crippen molar-refractivity contribution in [2.45, 2.75) is 57.7 Å². The van der Waals surface area contributed by atoms with E-state index in [9.17, 15) is 4.79 Å². The van der Waals surface area contributed by atoms with E-state index in [0.29, 0.717) is 0 Å². The summed E-state index contributed by atoms with van der Waals surface area (Å²) in [4.78, 5) is 15.4. The molecule has 0 aromatic heterocycles. The fourth-order valence-corrected chi connectivity index (χ4v) is 2.45. The van der Waals surface area contributed by atoms with Crippen LogP contribution in [0.15, 0.2) is 0 Å². The second kappa shape index (κ2) is 3.98. The van der Waals surface area contributed by atoms with Crippen molar-refractivity contribution < 1.29 is 14.7 Å². The lowest BCUT2D eigenvalue weighted by Gasteiger charge is -2.45. The third-order valence-electron chi connectivity index (χ3n) is 2.47. The minimum Gasteiger partial charge on any atom is -0.464 e. The molecule has 1 fully saturated rings. The lowest BCUT2D eigenvalue weighted by molar-refractivity contribution is -0.0654. The summed E-state index contributed by atoms with van der Waals surface area (Å²) in [6.07, 6.45) is 0.351. The molecule has 0 atom stereocenters. The number of carbonyl (C=O) groups is 1. The zero-order valence-corrected chi connectivity index (χ0v) is 9.76. The minimum atomic E-state index is -1.15. The molecule has 5 heteroatoms. The topological polar surface area (TPSA) is 70.6 Å². The Morgan fingerprint density at radius 3 is 2.20 bits per heavy atom. The quantitative estimate of drug-likeness (QED) is 0.612. The minimum absolute atomic E-state index is 0.0351. The van der Waals surface area contributed by atoms with Gasteiger partial charge < -0.3 is 10.4 Å². The van der Waals surface area contributed by atoms with Gasteiger partial charge in [-0.25, -0.2) is 4.79 Å². The van der Waals surface area contributed by atoms with E-state index < -0.39 is 6.09 Å². The van der Waals surface area contributed by atoms with Crippen molar-refractivity contribution in [3.8, 4) is 0 Å². The van der Waals surface area contributed by atoms with Crippen molar-refractivity contribution in [2.24, 2.45) is 0 Å². The number of hydrogen-bond donors (Lipinski definition) is 3. The highest BCUT2D eigenvalue weighted by Crippen LogP contribution is 2.29. The molecule has 0 unspecified atom stereocenters. The molecule has 1 heterocycles. The third-order valence-corrected chi connectivity index (χ3v) is 2.47. The number of nitrogens with one attached hydrogen (secondary N) is 2. The molecule has 0 aliphatic carbocycles. The lowest BCUT2D eigenvalue weighted by atomic mass is 9.81. The Morgan fingerprint density at radius 2 is 1.80 bits per heavy atom. The van der Waals surface area contributed by atoms with Crippen LogP contribution in [0, 0.1) is 0 Å². The van der Waals surface area contributed by atoms with Crippen molar-refractivity contribution in [1.82, 2.24) is 10.8 Å². The van der Waals surface area contributed by atoms with Crippen LogP contribution in [0.1, 0.15) is 40.5 Å². The number of carboxylic acid groups (broad SMARTS) is 1. The Balaban J connectivity index is 2.55. The van der Waals surface area contributed by atoms with Crippen LogP contribution in [0.2, 0.25) is 0 Å². The van der Waals surface area contributed by atoms with E-state index in [-0.39, 0.29) is 17.2 Å². The number of amides is 1. The fourth-order valence-electron chi connectivity index (χ4n) is 2.45. The molecular weight excluding hydrogens is 196 g/mol. The predicted octanol–water partition coefficient (Wildman–Crippen LogP) is 1.49. The molecule has 5 nitrogen and oxygen atoms in total. The highest BCUT2D eigenvalue weighted by atomic mass is 16.7. The first-order chi connectivity index (χ1) is 6.70. The van der Waals surface area contributed by atoms with Crippen molar-refractivity contribution in [3.63, 3.8) is 0 Å². The predicted molar refractivity (Wildman–Crippen MR) is 56.6 cm³/mol. The maximum absolute atomic E-state index is 10.3. The molecule has 15 heavy (non-hydrogen) atoms. The van der Waals surface area contributed by atoms with Gasteiger partial charge in [0, 0.05) is 11.1 Å². The molecule has 1 aliphatic heterocycles. The molecule has 1 saturated heterocycles. The molecule has 1 aliphatic rings. The van der Waals surface area contributed by atoms with Crippen LogP contribution in [0.4, 0.5) is 4.79 Å². The number of piperidine rings is 1. The zero-order chi connectivity index (χ0) is 11.7. The summed E-state index contributed by atoms with van der Waals surface area (Å²) in [6, 6.07) is 0. The van der Waals surface area contributed by atoms with E-state index in [4.69, 9.17) is 9.94 Å². The van der Waals surface area contributed by atoms with Crippen molar-refractivity contribution in [3.05, 3.63) is 0 Å². The SMILES string of the molecule is CC1(C)CC(ONC(=O)O)CC(C)(C)N1. The van der Waals surface area contributed by atoms with Crippen LogP contribution in [-0.2, 0) is 4.84 Å². The summed E-state index contributed by atoms with van der Waals surface area (Å²) in [7, 11) is 0. The van der Waals surface area contributed by atoms with Crippen molar-refractivity contribution in [1.29, 1.82) is 0 Å². The van der Waals surface area contributed by atoms with Gasteiger partial charge in [-0.3, -0.25) is 4.84 Å². The Bertz CT molecular complexity index is 235. The molecule has 0 saturated carbocycles. The first-order valence-corrected chi connectivity index (χ1v) is 5.14.